The molecule has 22 heavy (non-hydrogen) atoms. The maximum Gasteiger partial charge on any atom is 0.191 e. The van der Waals surface area contributed by atoms with Crippen LogP contribution in [0.1, 0.15) is 45.4 Å². The number of aliphatic imine (C=N–C) groups is 1. The van der Waals surface area contributed by atoms with Crippen LogP contribution in [-0.2, 0) is 0 Å². The second-order valence-electron chi connectivity index (χ2n) is 6.56. The minimum absolute atomic E-state index is 0.679. The highest BCUT2D eigenvalue weighted by Crippen LogP contribution is 2.15. The summed E-state index contributed by atoms with van der Waals surface area (Å²) in [5.74, 6) is 0.962. The highest BCUT2D eigenvalue weighted by atomic mass is 15.2. The third kappa shape index (κ3) is 5.76. The number of likely N-dealkylation sites (tertiary alicyclic amines) is 2. The summed E-state index contributed by atoms with van der Waals surface area (Å²) in [6.07, 6.45) is 7.95. The second kappa shape index (κ2) is 10.1. The summed E-state index contributed by atoms with van der Waals surface area (Å²) < 4.78 is 0. The number of nitrogens with zero attached hydrogens (tertiary/aromatic N) is 3. The van der Waals surface area contributed by atoms with Gasteiger partial charge in [-0.15, -0.1) is 0 Å². The standard InChI is InChI=1S/C17H35N5/c1-3-22-14-8-9-16(22)15-20-17(18-2)19-10-4-5-11-21-12-6-7-13-21/h16H,3-15H2,1-2H3,(H2,18,19,20). The van der Waals surface area contributed by atoms with Crippen LogP contribution in [-0.4, -0.2) is 74.7 Å². The van der Waals surface area contributed by atoms with Gasteiger partial charge in [0.2, 0.25) is 0 Å². The number of rotatable bonds is 8. The summed E-state index contributed by atoms with van der Waals surface area (Å²) in [5.41, 5.74) is 0. The Kier molecular flexibility index (Phi) is 8.02. The van der Waals surface area contributed by atoms with Gasteiger partial charge < -0.3 is 15.5 Å². The third-order valence-electron chi connectivity index (χ3n) is 5.03. The maximum absolute atomic E-state index is 4.34. The second-order valence-corrected chi connectivity index (χ2v) is 6.56. The van der Waals surface area contributed by atoms with Crippen LogP contribution in [0.3, 0.4) is 0 Å². The maximum atomic E-state index is 4.34. The predicted molar refractivity (Wildman–Crippen MR) is 94.5 cm³/mol. The van der Waals surface area contributed by atoms with Crippen molar-refractivity contribution in [3.05, 3.63) is 0 Å². The topological polar surface area (TPSA) is 42.9 Å². The molecule has 0 saturated carbocycles. The minimum Gasteiger partial charge on any atom is -0.356 e. The molecule has 2 saturated heterocycles. The first-order chi connectivity index (χ1) is 10.8. The molecule has 0 bridgehead atoms. The average molecular weight is 310 g/mol. The highest BCUT2D eigenvalue weighted by molar-refractivity contribution is 5.79. The Balaban J connectivity index is 1.53. The minimum atomic E-state index is 0.679. The van der Waals surface area contributed by atoms with E-state index in [1.54, 1.807) is 0 Å². The van der Waals surface area contributed by atoms with Crippen molar-refractivity contribution in [2.45, 2.75) is 51.5 Å². The highest BCUT2D eigenvalue weighted by Gasteiger charge is 2.22. The summed E-state index contributed by atoms with van der Waals surface area (Å²) in [7, 11) is 1.87. The first-order valence-corrected chi connectivity index (χ1v) is 9.24. The van der Waals surface area contributed by atoms with Gasteiger partial charge in [-0.05, 0) is 71.2 Å². The molecule has 2 N–H and O–H groups in total. The molecule has 2 heterocycles. The SMILES string of the molecule is CCN1CCCC1CNC(=NC)NCCCCN1CCCC1. The Morgan fingerprint density at radius 1 is 1.09 bits per heavy atom. The van der Waals surface area contributed by atoms with E-state index in [1.807, 2.05) is 7.05 Å². The number of guanidine groups is 1. The molecular weight excluding hydrogens is 274 g/mol. The van der Waals surface area contributed by atoms with E-state index in [0.717, 1.165) is 25.6 Å². The number of hydrogen-bond acceptors (Lipinski definition) is 3. The Labute approximate surface area is 136 Å². The van der Waals surface area contributed by atoms with Gasteiger partial charge in [0.25, 0.3) is 0 Å². The van der Waals surface area contributed by atoms with Crippen molar-refractivity contribution < 1.29 is 0 Å². The number of nitrogens with one attached hydrogen (secondary N) is 2. The van der Waals surface area contributed by atoms with E-state index in [-0.39, 0.29) is 0 Å². The van der Waals surface area contributed by atoms with Gasteiger partial charge in [0.05, 0.1) is 0 Å². The van der Waals surface area contributed by atoms with E-state index >= 15 is 0 Å². The fourth-order valence-electron chi connectivity index (χ4n) is 3.65. The van der Waals surface area contributed by atoms with E-state index in [4.69, 9.17) is 0 Å². The summed E-state index contributed by atoms with van der Waals surface area (Å²) in [6.45, 7) is 10.6. The van der Waals surface area contributed by atoms with Crippen molar-refractivity contribution in [1.29, 1.82) is 0 Å². The van der Waals surface area contributed by atoms with Crippen molar-refractivity contribution in [3.8, 4) is 0 Å². The lowest BCUT2D eigenvalue weighted by atomic mass is 10.2. The Morgan fingerprint density at radius 2 is 1.91 bits per heavy atom. The van der Waals surface area contributed by atoms with E-state index in [1.165, 1.54) is 64.7 Å². The van der Waals surface area contributed by atoms with Crippen molar-refractivity contribution in [2.75, 3.05) is 52.9 Å². The molecule has 5 nitrogen and oxygen atoms in total. The molecule has 2 aliphatic rings. The van der Waals surface area contributed by atoms with Crippen molar-refractivity contribution >= 4 is 5.96 Å². The van der Waals surface area contributed by atoms with E-state index in [9.17, 15) is 0 Å². The number of likely N-dealkylation sites (N-methyl/N-ethyl adjacent to an activating group) is 1. The number of hydrogen-bond donors (Lipinski definition) is 2. The van der Waals surface area contributed by atoms with Crippen LogP contribution in [0.5, 0.6) is 0 Å². The monoisotopic (exact) mass is 309 g/mol. The average Bonchev–Trinajstić information content (AvgIpc) is 3.21. The lowest BCUT2D eigenvalue weighted by Crippen LogP contribution is -2.45. The van der Waals surface area contributed by atoms with E-state index < -0.39 is 0 Å². The molecule has 128 valence electrons. The van der Waals surface area contributed by atoms with Gasteiger partial charge in [-0.1, -0.05) is 6.92 Å². The molecule has 0 aromatic carbocycles. The molecular formula is C17H35N5. The third-order valence-corrected chi connectivity index (χ3v) is 5.03. The first-order valence-electron chi connectivity index (χ1n) is 9.24. The molecule has 2 aliphatic heterocycles. The normalized spacial score (nSPS) is 24.1. The largest absolute Gasteiger partial charge is 0.356 e. The van der Waals surface area contributed by atoms with Gasteiger partial charge in [-0.2, -0.15) is 0 Å². The molecule has 0 spiro atoms. The molecule has 0 amide bonds. The molecule has 0 aliphatic carbocycles. The molecule has 1 atom stereocenters. The van der Waals surface area contributed by atoms with Crippen LogP contribution in [0, 0.1) is 0 Å². The fraction of sp³-hybridized carbons (Fsp3) is 0.941. The van der Waals surface area contributed by atoms with Gasteiger partial charge in [0, 0.05) is 26.2 Å². The van der Waals surface area contributed by atoms with Crippen LogP contribution in [0.2, 0.25) is 0 Å². The number of unbranched alkanes of at least 4 members (excludes halogenated alkanes) is 1. The molecule has 2 rings (SSSR count). The van der Waals surface area contributed by atoms with Gasteiger partial charge in [0.15, 0.2) is 5.96 Å². The Hall–Kier alpha value is -0.810. The quantitative estimate of drug-likeness (QED) is 0.405. The summed E-state index contributed by atoms with van der Waals surface area (Å²) in [5, 5.41) is 6.95. The lowest BCUT2D eigenvalue weighted by molar-refractivity contribution is 0.267. The van der Waals surface area contributed by atoms with Crippen LogP contribution in [0.25, 0.3) is 0 Å². The smallest absolute Gasteiger partial charge is 0.191 e. The van der Waals surface area contributed by atoms with E-state index in [2.05, 4.69) is 32.3 Å². The van der Waals surface area contributed by atoms with Crippen molar-refractivity contribution in [1.82, 2.24) is 20.4 Å². The zero-order valence-corrected chi connectivity index (χ0v) is 14.6. The van der Waals surface area contributed by atoms with Gasteiger partial charge in [-0.25, -0.2) is 0 Å². The fourth-order valence-corrected chi connectivity index (χ4v) is 3.65. The van der Waals surface area contributed by atoms with Crippen molar-refractivity contribution in [2.24, 2.45) is 4.99 Å². The summed E-state index contributed by atoms with van der Waals surface area (Å²) in [6, 6.07) is 0.679. The molecule has 1 unspecified atom stereocenters. The van der Waals surface area contributed by atoms with Crippen molar-refractivity contribution in [3.63, 3.8) is 0 Å². The summed E-state index contributed by atoms with van der Waals surface area (Å²) >= 11 is 0. The van der Waals surface area contributed by atoms with Crippen LogP contribution < -0.4 is 10.6 Å². The van der Waals surface area contributed by atoms with Gasteiger partial charge in [0.1, 0.15) is 0 Å². The molecule has 0 aromatic heterocycles. The van der Waals surface area contributed by atoms with Gasteiger partial charge >= 0.3 is 0 Å². The zero-order valence-electron chi connectivity index (χ0n) is 14.6. The predicted octanol–water partition coefficient (Wildman–Crippen LogP) is 1.51. The van der Waals surface area contributed by atoms with Crippen LogP contribution in [0.4, 0.5) is 0 Å². The van der Waals surface area contributed by atoms with Crippen LogP contribution >= 0.6 is 0 Å². The zero-order chi connectivity index (χ0) is 15.6. The molecule has 0 radical (unpaired) electrons. The lowest BCUT2D eigenvalue weighted by Gasteiger charge is -2.24. The van der Waals surface area contributed by atoms with E-state index in [0.29, 0.717) is 6.04 Å². The molecule has 0 aromatic rings. The Morgan fingerprint density at radius 3 is 2.64 bits per heavy atom. The Bertz CT molecular complexity index is 325. The summed E-state index contributed by atoms with van der Waals surface area (Å²) in [4.78, 5) is 9.50. The first kappa shape index (κ1) is 17.5. The molecule has 5 heteroatoms. The molecule has 2 fully saturated rings. The van der Waals surface area contributed by atoms with Crippen LogP contribution in [0.15, 0.2) is 4.99 Å². The van der Waals surface area contributed by atoms with Gasteiger partial charge in [-0.3, -0.25) is 9.89 Å².